The van der Waals surface area contributed by atoms with Gasteiger partial charge in [0.2, 0.25) is 5.91 Å². The molecule has 0 bridgehead atoms. The van der Waals surface area contributed by atoms with Crippen molar-refractivity contribution in [2.24, 2.45) is 11.8 Å². The summed E-state index contributed by atoms with van der Waals surface area (Å²) in [5, 5.41) is 4.79. The molecular weight excluding hydrogens is 430 g/mol. The topological polar surface area (TPSA) is 96.5 Å². The lowest BCUT2D eigenvalue weighted by molar-refractivity contribution is -0.127. The number of para-hydroxylation sites is 1. The van der Waals surface area contributed by atoms with Gasteiger partial charge in [-0.05, 0) is 60.6 Å². The number of hydrogen-bond donors (Lipinski definition) is 3. The zero-order valence-corrected chi connectivity index (χ0v) is 19.2. The van der Waals surface area contributed by atoms with E-state index in [1.165, 1.54) is 0 Å². The molecule has 4 rings (SSSR count). The summed E-state index contributed by atoms with van der Waals surface area (Å²) in [6.07, 6.45) is 3.10. The fourth-order valence-corrected chi connectivity index (χ4v) is 4.50. The molecule has 0 spiro atoms. The monoisotopic (exact) mass is 459 g/mol. The molecular formula is C27H29N3O4. The lowest BCUT2D eigenvalue weighted by Gasteiger charge is -2.28. The molecule has 0 heterocycles. The van der Waals surface area contributed by atoms with Crippen LogP contribution >= 0.6 is 0 Å². The van der Waals surface area contributed by atoms with Crippen molar-refractivity contribution in [3.63, 3.8) is 0 Å². The van der Waals surface area contributed by atoms with E-state index in [1.807, 2.05) is 42.5 Å². The van der Waals surface area contributed by atoms with Crippen LogP contribution in [0.5, 0.6) is 5.75 Å². The molecule has 7 heteroatoms. The van der Waals surface area contributed by atoms with E-state index in [1.54, 1.807) is 31.4 Å². The molecule has 1 fully saturated rings. The molecule has 7 nitrogen and oxygen atoms in total. The number of nitrogens with one attached hydrogen (secondary N) is 3. The van der Waals surface area contributed by atoms with Gasteiger partial charge >= 0.3 is 0 Å². The number of carbonyl (C=O) groups is 3. The van der Waals surface area contributed by atoms with Crippen molar-refractivity contribution in [1.82, 2.24) is 16.2 Å². The van der Waals surface area contributed by atoms with Crippen molar-refractivity contribution in [2.75, 3.05) is 13.7 Å². The summed E-state index contributed by atoms with van der Waals surface area (Å²) in [5.74, 6) is 0.0318. The quantitative estimate of drug-likeness (QED) is 0.488. The Labute approximate surface area is 198 Å². The fraction of sp³-hybridized carbons (Fsp3) is 0.296. The Morgan fingerprint density at radius 1 is 0.794 bits per heavy atom. The first-order chi connectivity index (χ1) is 16.6. The van der Waals surface area contributed by atoms with E-state index in [0.717, 1.165) is 23.6 Å². The molecule has 0 unspecified atom stereocenters. The minimum atomic E-state index is -0.335. The molecule has 3 aromatic rings. The molecule has 34 heavy (non-hydrogen) atoms. The third-order valence-corrected chi connectivity index (χ3v) is 6.45. The first-order valence-corrected chi connectivity index (χ1v) is 11.6. The van der Waals surface area contributed by atoms with Crippen molar-refractivity contribution < 1.29 is 19.1 Å². The molecule has 176 valence electrons. The van der Waals surface area contributed by atoms with Crippen LogP contribution in [0.15, 0.2) is 66.7 Å². The highest BCUT2D eigenvalue weighted by Gasteiger charge is 2.27. The van der Waals surface area contributed by atoms with Gasteiger partial charge in [0.05, 0.1) is 12.7 Å². The number of hydrogen-bond acceptors (Lipinski definition) is 4. The maximum Gasteiger partial charge on any atom is 0.270 e. The number of ether oxygens (including phenoxy) is 1. The van der Waals surface area contributed by atoms with Gasteiger partial charge in [-0.25, -0.2) is 0 Å². The summed E-state index contributed by atoms with van der Waals surface area (Å²) in [5.41, 5.74) is 6.19. The van der Waals surface area contributed by atoms with E-state index < -0.39 is 0 Å². The number of hydrazine groups is 1. The Morgan fingerprint density at radius 2 is 1.47 bits per heavy atom. The predicted molar refractivity (Wildman–Crippen MR) is 130 cm³/mol. The van der Waals surface area contributed by atoms with Gasteiger partial charge in [-0.2, -0.15) is 0 Å². The second-order valence-corrected chi connectivity index (χ2v) is 8.60. The van der Waals surface area contributed by atoms with Crippen LogP contribution in [0.3, 0.4) is 0 Å². The van der Waals surface area contributed by atoms with E-state index >= 15 is 0 Å². The Morgan fingerprint density at radius 3 is 2.26 bits per heavy atom. The predicted octanol–water partition coefficient (Wildman–Crippen LogP) is 3.85. The van der Waals surface area contributed by atoms with Crippen LogP contribution in [0.2, 0.25) is 0 Å². The molecule has 1 saturated carbocycles. The highest BCUT2D eigenvalue weighted by molar-refractivity contribution is 6.07. The Bertz CT molecular complexity index is 1180. The number of rotatable bonds is 6. The van der Waals surface area contributed by atoms with Crippen molar-refractivity contribution in [3.05, 3.63) is 77.9 Å². The third kappa shape index (κ3) is 5.36. The fourth-order valence-electron chi connectivity index (χ4n) is 4.50. The van der Waals surface area contributed by atoms with Crippen molar-refractivity contribution in [1.29, 1.82) is 0 Å². The van der Waals surface area contributed by atoms with Crippen LogP contribution in [-0.4, -0.2) is 31.4 Å². The van der Waals surface area contributed by atoms with Crippen molar-refractivity contribution >= 4 is 28.5 Å². The summed E-state index contributed by atoms with van der Waals surface area (Å²) in [6, 6.07) is 20.3. The zero-order chi connectivity index (χ0) is 23.9. The van der Waals surface area contributed by atoms with Gasteiger partial charge in [-0.1, -0.05) is 48.5 Å². The van der Waals surface area contributed by atoms with E-state index in [2.05, 4.69) is 16.2 Å². The summed E-state index contributed by atoms with van der Waals surface area (Å²) in [4.78, 5) is 37.7. The minimum absolute atomic E-state index is 0.158. The van der Waals surface area contributed by atoms with Gasteiger partial charge in [-0.3, -0.25) is 25.2 Å². The number of carbonyl (C=O) groups excluding carboxylic acids is 3. The van der Waals surface area contributed by atoms with Crippen LogP contribution < -0.4 is 20.9 Å². The zero-order valence-electron chi connectivity index (χ0n) is 19.2. The Hall–Kier alpha value is -3.87. The second kappa shape index (κ2) is 10.8. The van der Waals surface area contributed by atoms with E-state index in [9.17, 15) is 14.4 Å². The maximum atomic E-state index is 12.6. The standard InChI is InChI=1S/C27H29N3O4/c1-34-24-12-5-4-10-23(24)26(32)28-17-18-13-15-20(16-14-18)25(31)29-30-27(33)22-11-6-8-19-7-2-3-9-21(19)22/h2-12,18,20H,13-17H2,1H3,(H,28,32)(H,29,31)(H,30,33). The average Bonchev–Trinajstić information content (AvgIpc) is 2.90. The van der Waals surface area contributed by atoms with Crippen molar-refractivity contribution in [2.45, 2.75) is 25.7 Å². The van der Waals surface area contributed by atoms with Crippen LogP contribution in [0.25, 0.3) is 10.8 Å². The van der Waals surface area contributed by atoms with E-state index in [-0.39, 0.29) is 23.6 Å². The Balaban J connectivity index is 1.23. The smallest absolute Gasteiger partial charge is 0.270 e. The van der Waals surface area contributed by atoms with Crippen LogP contribution in [0, 0.1) is 11.8 Å². The molecule has 3 amide bonds. The van der Waals surface area contributed by atoms with Crippen molar-refractivity contribution in [3.8, 4) is 5.75 Å². The summed E-state index contributed by atoms with van der Waals surface area (Å²) >= 11 is 0. The first kappa shape index (κ1) is 23.3. The van der Waals surface area contributed by atoms with Gasteiger partial charge in [-0.15, -0.1) is 0 Å². The molecule has 0 radical (unpaired) electrons. The normalized spacial score (nSPS) is 17.6. The summed E-state index contributed by atoms with van der Waals surface area (Å²) in [7, 11) is 1.54. The number of amides is 3. The Kier molecular flexibility index (Phi) is 7.42. The number of benzene rings is 3. The molecule has 3 N–H and O–H groups in total. The van der Waals surface area contributed by atoms with Gasteiger partial charge < -0.3 is 10.1 Å². The number of fused-ring (bicyclic) bond motifs is 1. The van der Waals surface area contributed by atoms with Crippen LogP contribution in [0.1, 0.15) is 46.4 Å². The largest absolute Gasteiger partial charge is 0.496 e. The molecule has 0 saturated heterocycles. The molecule has 0 aliphatic heterocycles. The van der Waals surface area contributed by atoms with E-state index in [0.29, 0.717) is 42.2 Å². The van der Waals surface area contributed by atoms with Gasteiger partial charge in [0.1, 0.15) is 5.75 Å². The summed E-state index contributed by atoms with van der Waals surface area (Å²) < 4.78 is 5.25. The maximum absolute atomic E-state index is 12.6. The lowest BCUT2D eigenvalue weighted by atomic mass is 9.81. The first-order valence-electron chi connectivity index (χ1n) is 11.6. The molecule has 0 atom stereocenters. The highest BCUT2D eigenvalue weighted by Crippen LogP contribution is 2.28. The average molecular weight is 460 g/mol. The van der Waals surface area contributed by atoms with Crippen LogP contribution in [-0.2, 0) is 4.79 Å². The summed E-state index contributed by atoms with van der Waals surface area (Å²) in [6.45, 7) is 0.559. The van der Waals surface area contributed by atoms with Gasteiger partial charge in [0.15, 0.2) is 0 Å². The third-order valence-electron chi connectivity index (χ3n) is 6.45. The van der Waals surface area contributed by atoms with Crippen LogP contribution in [0.4, 0.5) is 0 Å². The van der Waals surface area contributed by atoms with Gasteiger partial charge in [0, 0.05) is 18.0 Å². The SMILES string of the molecule is COc1ccccc1C(=O)NCC1CCC(C(=O)NNC(=O)c2cccc3ccccc23)CC1. The van der Waals surface area contributed by atoms with Gasteiger partial charge in [0.25, 0.3) is 11.8 Å². The molecule has 1 aliphatic rings. The van der Waals surface area contributed by atoms with E-state index in [4.69, 9.17) is 4.74 Å². The molecule has 0 aromatic heterocycles. The highest BCUT2D eigenvalue weighted by atomic mass is 16.5. The molecule has 1 aliphatic carbocycles. The minimum Gasteiger partial charge on any atom is -0.496 e. The second-order valence-electron chi connectivity index (χ2n) is 8.60. The molecule has 3 aromatic carbocycles. The number of methoxy groups -OCH3 is 1. The lowest BCUT2D eigenvalue weighted by Crippen LogP contribution is -2.45.